The number of halogens is 1. The maximum atomic E-state index is 6.04. The van der Waals surface area contributed by atoms with Crippen LogP contribution in [0, 0.1) is 0 Å². The Morgan fingerprint density at radius 1 is 1.13 bits per heavy atom. The van der Waals surface area contributed by atoms with E-state index in [2.05, 4.69) is 15.0 Å². The second kappa shape index (κ2) is 4.89. The first-order valence-corrected chi connectivity index (χ1v) is 8.20. The van der Waals surface area contributed by atoms with E-state index in [4.69, 9.17) is 21.4 Å². The van der Waals surface area contributed by atoms with Crippen molar-refractivity contribution >= 4 is 17.2 Å². The number of hydrogen-bond acceptors (Lipinski definition) is 5. The number of ether oxygens (including phenoxy) is 1. The number of hydrogen-bond donors (Lipinski definition) is 0. The lowest BCUT2D eigenvalue weighted by Crippen LogP contribution is -2.04. The van der Waals surface area contributed by atoms with Crippen LogP contribution >= 0.6 is 11.6 Å². The van der Waals surface area contributed by atoms with Gasteiger partial charge in [0.05, 0.1) is 18.0 Å². The van der Waals surface area contributed by atoms with Crippen LogP contribution in [0.25, 0.3) is 17.0 Å². The van der Waals surface area contributed by atoms with Crippen molar-refractivity contribution in [3.8, 4) is 17.1 Å². The zero-order chi connectivity index (χ0) is 15.4. The van der Waals surface area contributed by atoms with Crippen LogP contribution in [0.15, 0.2) is 24.5 Å². The summed E-state index contributed by atoms with van der Waals surface area (Å²) in [6, 6.07) is 3.78. The van der Waals surface area contributed by atoms with Crippen molar-refractivity contribution in [3.05, 3.63) is 35.5 Å². The molecule has 116 valence electrons. The largest absolute Gasteiger partial charge is 0.488 e. The van der Waals surface area contributed by atoms with E-state index in [1.807, 2.05) is 12.3 Å². The molecule has 2 aliphatic carbocycles. The number of aromatic nitrogens is 5. The van der Waals surface area contributed by atoms with E-state index in [9.17, 15) is 0 Å². The lowest BCUT2D eigenvalue weighted by atomic mass is 10.2. The second-order valence-electron chi connectivity index (χ2n) is 6.13. The van der Waals surface area contributed by atoms with Crippen LogP contribution in [0.4, 0.5) is 0 Å². The summed E-state index contributed by atoms with van der Waals surface area (Å²) in [7, 11) is 0. The predicted molar refractivity (Wildman–Crippen MR) is 84.6 cm³/mol. The topological polar surface area (TPSA) is 65.2 Å². The zero-order valence-corrected chi connectivity index (χ0v) is 13.1. The molecule has 0 radical (unpaired) electrons. The van der Waals surface area contributed by atoms with Crippen molar-refractivity contribution in [3.63, 3.8) is 0 Å². The number of fused-ring (bicyclic) bond motifs is 1. The quantitative estimate of drug-likeness (QED) is 0.688. The van der Waals surface area contributed by atoms with E-state index in [-0.39, 0.29) is 5.28 Å². The van der Waals surface area contributed by atoms with Crippen molar-refractivity contribution < 1.29 is 4.74 Å². The molecule has 0 atom stereocenters. The summed E-state index contributed by atoms with van der Waals surface area (Å²) in [4.78, 5) is 12.7. The summed E-state index contributed by atoms with van der Waals surface area (Å²) in [5.41, 5.74) is 3.23. The van der Waals surface area contributed by atoms with Crippen molar-refractivity contribution in [2.45, 2.75) is 37.7 Å². The third-order valence-corrected chi connectivity index (χ3v) is 4.30. The molecular formula is C16H14ClN5O. The molecular weight excluding hydrogens is 314 g/mol. The van der Waals surface area contributed by atoms with Crippen LogP contribution in [0.3, 0.4) is 0 Å². The Labute approximate surface area is 137 Å². The van der Waals surface area contributed by atoms with Crippen LogP contribution < -0.4 is 4.74 Å². The van der Waals surface area contributed by atoms with Gasteiger partial charge in [0.1, 0.15) is 17.1 Å². The van der Waals surface area contributed by atoms with Gasteiger partial charge in [0.15, 0.2) is 5.65 Å². The third-order valence-electron chi connectivity index (χ3n) is 4.11. The summed E-state index contributed by atoms with van der Waals surface area (Å²) >= 11 is 5.87. The lowest BCUT2D eigenvalue weighted by Gasteiger charge is -2.09. The van der Waals surface area contributed by atoms with E-state index >= 15 is 0 Å². The summed E-state index contributed by atoms with van der Waals surface area (Å²) < 4.78 is 7.84. The highest BCUT2D eigenvalue weighted by Crippen LogP contribution is 2.44. The van der Waals surface area contributed by atoms with Gasteiger partial charge < -0.3 is 4.74 Å². The molecule has 0 unspecified atom stereocenters. The number of rotatable bonds is 4. The van der Waals surface area contributed by atoms with Crippen LogP contribution in [0.2, 0.25) is 5.28 Å². The second-order valence-corrected chi connectivity index (χ2v) is 6.46. The smallest absolute Gasteiger partial charge is 0.222 e. The summed E-state index contributed by atoms with van der Waals surface area (Å²) in [5, 5.41) is 4.95. The van der Waals surface area contributed by atoms with Gasteiger partial charge in [-0.3, -0.25) is 0 Å². The Kier molecular flexibility index (Phi) is 2.82. The first kappa shape index (κ1) is 13.2. The molecule has 0 aliphatic heterocycles. The van der Waals surface area contributed by atoms with E-state index in [0.29, 0.717) is 17.7 Å². The molecule has 2 aliphatic rings. The zero-order valence-electron chi connectivity index (χ0n) is 12.3. The highest BCUT2D eigenvalue weighted by Gasteiger charge is 2.32. The van der Waals surface area contributed by atoms with Gasteiger partial charge in [0.25, 0.3) is 0 Å². The normalized spacial score (nSPS) is 17.6. The molecule has 2 saturated carbocycles. The van der Waals surface area contributed by atoms with Gasteiger partial charge in [0, 0.05) is 18.2 Å². The standard InChI is InChI=1S/C16H14ClN5O/c17-16-18-6-5-11(20-16)12-8-22-14(19-12)7-13(23-10-3-4-10)15(21-22)9-1-2-9/h5-10H,1-4H2. The Morgan fingerprint density at radius 3 is 2.74 bits per heavy atom. The predicted octanol–water partition coefficient (Wildman–Crippen LogP) is 3.26. The maximum absolute atomic E-state index is 6.04. The van der Waals surface area contributed by atoms with E-state index in [1.165, 1.54) is 12.8 Å². The van der Waals surface area contributed by atoms with Gasteiger partial charge in [-0.2, -0.15) is 5.10 Å². The highest BCUT2D eigenvalue weighted by atomic mass is 35.5. The average Bonchev–Trinajstić information content (AvgIpc) is 3.45. The summed E-state index contributed by atoms with van der Waals surface area (Å²) in [6.07, 6.45) is 8.49. The van der Waals surface area contributed by atoms with Gasteiger partial charge in [-0.1, -0.05) is 0 Å². The fourth-order valence-electron chi connectivity index (χ4n) is 2.62. The molecule has 6 nitrogen and oxygen atoms in total. The van der Waals surface area contributed by atoms with Crippen LogP contribution in [-0.2, 0) is 0 Å². The molecule has 2 fully saturated rings. The Bertz CT molecular complexity index is 901. The van der Waals surface area contributed by atoms with Gasteiger partial charge in [-0.15, -0.1) is 0 Å². The fourth-order valence-corrected chi connectivity index (χ4v) is 2.77. The first-order chi connectivity index (χ1) is 11.3. The van der Waals surface area contributed by atoms with Crippen molar-refractivity contribution in [1.82, 2.24) is 24.6 Å². The summed E-state index contributed by atoms with van der Waals surface area (Å²) in [5.74, 6) is 1.41. The average molecular weight is 328 g/mol. The van der Waals surface area contributed by atoms with Crippen molar-refractivity contribution in [2.75, 3.05) is 0 Å². The minimum atomic E-state index is 0.212. The molecule has 0 amide bonds. The Balaban J connectivity index is 1.61. The van der Waals surface area contributed by atoms with E-state index < -0.39 is 0 Å². The first-order valence-electron chi connectivity index (χ1n) is 7.82. The highest BCUT2D eigenvalue weighted by molar-refractivity contribution is 6.28. The van der Waals surface area contributed by atoms with Crippen LogP contribution in [0.1, 0.15) is 37.3 Å². The van der Waals surface area contributed by atoms with Gasteiger partial charge in [0.2, 0.25) is 5.28 Å². The number of imidazole rings is 1. The third kappa shape index (κ3) is 2.53. The molecule has 0 aromatic carbocycles. The molecule has 3 aromatic rings. The minimum Gasteiger partial charge on any atom is -0.488 e. The monoisotopic (exact) mass is 327 g/mol. The molecule has 0 spiro atoms. The molecule has 3 aromatic heterocycles. The Morgan fingerprint density at radius 2 is 2.00 bits per heavy atom. The molecule has 23 heavy (non-hydrogen) atoms. The lowest BCUT2D eigenvalue weighted by molar-refractivity contribution is 0.297. The van der Waals surface area contributed by atoms with Crippen molar-refractivity contribution in [2.24, 2.45) is 0 Å². The SMILES string of the molecule is Clc1nccc(-c2cn3nc(C4CC4)c(OC4CC4)cc3n2)n1. The van der Waals surface area contributed by atoms with E-state index in [1.54, 1.807) is 16.8 Å². The van der Waals surface area contributed by atoms with Crippen molar-refractivity contribution in [1.29, 1.82) is 0 Å². The summed E-state index contributed by atoms with van der Waals surface area (Å²) in [6.45, 7) is 0. The molecule has 7 heteroatoms. The molecule has 0 N–H and O–H groups in total. The molecule has 0 bridgehead atoms. The Hall–Kier alpha value is -2.21. The minimum absolute atomic E-state index is 0.212. The van der Waals surface area contributed by atoms with Crippen LogP contribution in [-0.4, -0.2) is 30.7 Å². The molecule has 0 saturated heterocycles. The van der Waals surface area contributed by atoms with Gasteiger partial charge in [-0.05, 0) is 43.4 Å². The maximum Gasteiger partial charge on any atom is 0.222 e. The number of nitrogens with zero attached hydrogens (tertiary/aromatic N) is 5. The molecule has 3 heterocycles. The van der Waals surface area contributed by atoms with E-state index in [0.717, 1.165) is 35.6 Å². The fraction of sp³-hybridized carbons (Fsp3) is 0.375. The van der Waals surface area contributed by atoms with Crippen LogP contribution in [0.5, 0.6) is 5.75 Å². The van der Waals surface area contributed by atoms with Gasteiger partial charge >= 0.3 is 0 Å². The van der Waals surface area contributed by atoms with Gasteiger partial charge in [-0.25, -0.2) is 19.5 Å². The molecule has 5 rings (SSSR count).